The van der Waals surface area contributed by atoms with Crippen LogP contribution >= 0.6 is 11.6 Å². The van der Waals surface area contributed by atoms with Crippen molar-refractivity contribution in [3.8, 4) is 0 Å². The fraction of sp³-hybridized carbons (Fsp3) is 0.278. The molecule has 0 saturated heterocycles. The first kappa shape index (κ1) is 19.3. The first-order valence-electron chi connectivity index (χ1n) is 7.84. The molecule has 0 saturated carbocycles. The Balaban J connectivity index is 2.21. The van der Waals surface area contributed by atoms with Gasteiger partial charge in [-0.1, -0.05) is 36.7 Å². The number of carbonyl (C=O) groups excluding carboxylic acids is 1. The molecule has 0 aromatic heterocycles. The van der Waals surface area contributed by atoms with E-state index >= 15 is 0 Å². The number of hydrogen-bond acceptors (Lipinski definition) is 3. The summed E-state index contributed by atoms with van der Waals surface area (Å²) >= 11 is 6.18. The maximum Gasteiger partial charge on any atom is 0.261 e. The van der Waals surface area contributed by atoms with Crippen LogP contribution in [-0.4, -0.2) is 19.9 Å². The molecule has 0 unspecified atom stereocenters. The van der Waals surface area contributed by atoms with Gasteiger partial charge in [0.05, 0.1) is 21.2 Å². The summed E-state index contributed by atoms with van der Waals surface area (Å²) < 4.78 is 27.1. The van der Waals surface area contributed by atoms with E-state index in [1.54, 1.807) is 18.2 Å². The van der Waals surface area contributed by atoms with Gasteiger partial charge in [0.25, 0.3) is 15.9 Å². The van der Waals surface area contributed by atoms with Gasteiger partial charge >= 0.3 is 0 Å². The third-order valence-corrected chi connectivity index (χ3v) is 5.57. The predicted octanol–water partition coefficient (Wildman–Crippen LogP) is 4.06. The average Bonchev–Trinajstić information content (AvgIpc) is 2.55. The number of sulfonamides is 1. The smallest absolute Gasteiger partial charge is 0.261 e. The first-order chi connectivity index (χ1) is 11.6. The zero-order valence-electron chi connectivity index (χ0n) is 14.3. The molecular weight excluding hydrogens is 360 g/mol. The van der Waals surface area contributed by atoms with Gasteiger partial charge in [0.1, 0.15) is 0 Å². The van der Waals surface area contributed by atoms with Gasteiger partial charge in [-0.2, -0.15) is 0 Å². The minimum atomic E-state index is -3.71. The van der Waals surface area contributed by atoms with Gasteiger partial charge < -0.3 is 5.32 Å². The van der Waals surface area contributed by atoms with Gasteiger partial charge in [0.2, 0.25) is 0 Å². The molecule has 2 aromatic carbocycles. The van der Waals surface area contributed by atoms with Gasteiger partial charge in [-0.3, -0.25) is 9.52 Å². The van der Waals surface area contributed by atoms with E-state index in [4.69, 9.17) is 11.6 Å². The van der Waals surface area contributed by atoms with E-state index < -0.39 is 10.0 Å². The van der Waals surface area contributed by atoms with Crippen LogP contribution in [0.2, 0.25) is 5.02 Å². The third-order valence-electron chi connectivity index (χ3n) is 3.86. The molecule has 0 radical (unpaired) electrons. The molecule has 0 heterocycles. The van der Waals surface area contributed by atoms with Crippen molar-refractivity contribution in [3.05, 3.63) is 59.1 Å². The molecule has 7 heteroatoms. The number of benzene rings is 2. The second-order valence-electron chi connectivity index (χ2n) is 6.30. The molecule has 0 atom stereocenters. The number of hydrogen-bond donors (Lipinski definition) is 2. The largest absolute Gasteiger partial charge is 0.347 e. The Kier molecular flexibility index (Phi) is 5.75. The monoisotopic (exact) mass is 380 g/mol. The SMILES string of the molecule is CCC(C)(C)NC(=O)c1ccc(NS(=O)(=O)c2ccccc2)cc1Cl. The highest BCUT2D eigenvalue weighted by atomic mass is 35.5. The Morgan fingerprint density at radius 2 is 1.76 bits per heavy atom. The molecule has 134 valence electrons. The van der Waals surface area contributed by atoms with Crippen LogP contribution in [0, 0.1) is 0 Å². The Hall–Kier alpha value is -2.05. The number of amides is 1. The Bertz CT molecular complexity index is 865. The molecule has 0 bridgehead atoms. The zero-order chi connectivity index (χ0) is 18.7. The number of carbonyl (C=O) groups is 1. The molecule has 5 nitrogen and oxygen atoms in total. The third kappa shape index (κ3) is 4.96. The van der Waals surface area contributed by atoms with Crippen molar-refractivity contribution in [2.75, 3.05) is 4.72 Å². The summed E-state index contributed by atoms with van der Waals surface area (Å²) in [6.07, 6.45) is 0.769. The van der Waals surface area contributed by atoms with E-state index in [9.17, 15) is 13.2 Å². The summed E-state index contributed by atoms with van der Waals surface area (Å²) in [6.45, 7) is 5.81. The van der Waals surface area contributed by atoms with E-state index in [1.807, 2.05) is 20.8 Å². The van der Waals surface area contributed by atoms with Crippen LogP contribution in [0.3, 0.4) is 0 Å². The van der Waals surface area contributed by atoms with Crippen LogP contribution < -0.4 is 10.0 Å². The second kappa shape index (κ2) is 7.45. The van der Waals surface area contributed by atoms with Crippen molar-refractivity contribution in [2.45, 2.75) is 37.6 Å². The van der Waals surface area contributed by atoms with Crippen molar-refractivity contribution in [3.63, 3.8) is 0 Å². The highest BCUT2D eigenvalue weighted by Gasteiger charge is 2.21. The van der Waals surface area contributed by atoms with Gasteiger partial charge in [-0.05, 0) is 50.6 Å². The molecule has 0 fully saturated rings. The minimum absolute atomic E-state index is 0.151. The summed E-state index contributed by atoms with van der Waals surface area (Å²) in [7, 11) is -3.71. The number of halogens is 1. The molecule has 2 rings (SSSR count). The van der Waals surface area contributed by atoms with Crippen molar-refractivity contribution < 1.29 is 13.2 Å². The Morgan fingerprint density at radius 1 is 1.12 bits per heavy atom. The number of anilines is 1. The molecule has 0 aliphatic carbocycles. The normalized spacial score (nSPS) is 11.8. The van der Waals surface area contributed by atoms with E-state index in [0.717, 1.165) is 6.42 Å². The molecule has 0 spiro atoms. The molecular formula is C18H21ClN2O3S. The average molecular weight is 381 g/mol. The molecule has 2 aromatic rings. The summed E-state index contributed by atoms with van der Waals surface area (Å²) in [6, 6.07) is 12.5. The van der Waals surface area contributed by atoms with E-state index in [1.165, 1.54) is 30.3 Å². The fourth-order valence-electron chi connectivity index (χ4n) is 2.04. The molecule has 0 aliphatic rings. The maximum atomic E-state index is 12.3. The van der Waals surface area contributed by atoms with Gasteiger partial charge in [0, 0.05) is 5.54 Å². The van der Waals surface area contributed by atoms with Crippen molar-refractivity contribution in [2.24, 2.45) is 0 Å². The topological polar surface area (TPSA) is 75.3 Å². The summed E-state index contributed by atoms with van der Waals surface area (Å²) in [5.74, 6) is -0.297. The second-order valence-corrected chi connectivity index (χ2v) is 8.39. The Labute approximate surface area is 153 Å². The fourth-order valence-corrected chi connectivity index (χ4v) is 3.38. The quantitative estimate of drug-likeness (QED) is 0.793. The predicted molar refractivity (Wildman–Crippen MR) is 101 cm³/mol. The number of rotatable bonds is 6. The van der Waals surface area contributed by atoms with Gasteiger partial charge in [-0.25, -0.2) is 8.42 Å². The zero-order valence-corrected chi connectivity index (χ0v) is 15.9. The maximum absolute atomic E-state index is 12.3. The van der Waals surface area contributed by atoms with Crippen LogP contribution in [0.5, 0.6) is 0 Å². The summed E-state index contributed by atoms with van der Waals surface area (Å²) in [4.78, 5) is 12.5. The summed E-state index contributed by atoms with van der Waals surface area (Å²) in [5, 5.41) is 3.07. The lowest BCUT2D eigenvalue weighted by Crippen LogP contribution is -2.42. The van der Waals surface area contributed by atoms with Crippen molar-refractivity contribution in [1.82, 2.24) is 5.32 Å². The van der Waals surface area contributed by atoms with Crippen LogP contribution in [0.1, 0.15) is 37.6 Å². The van der Waals surface area contributed by atoms with Crippen molar-refractivity contribution >= 4 is 33.2 Å². The summed E-state index contributed by atoms with van der Waals surface area (Å²) in [5.41, 5.74) is 0.236. The lowest BCUT2D eigenvalue weighted by molar-refractivity contribution is 0.0911. The Morgan fingerprint density at radius 3 is 2.32 bits per heavy atom. The van der Waals surface area contributed by atoms with Gasteiger partial charge in [-0.15, -0.1) is 0 Å². The lowest BCUT2D eigenvalue weighted by atomic mass is 10.0. The van der Waals surface area contributed by atoms with Crippen LogP contribution in [0.25, 0.3) is 0 Å². The highest BCUT2D eigenvalue weighted by molar-refractivity contribution is 7.92. The van der Waals surface area contributed by atoms with Crippen LogP contribution in [0.4, 0.5) is 5.69 Å². The molecule has 0 aliphatic heterocycles. The first-order valence-corrected chi connectivity index (χ1v) is 9.71. The lowest BCUT2D eigenvalue weighted by Gasteiger charge is -2.24. The van der Waals surface area contributed by atoms with Crippen molar-refractivity contribution in [1.29, 1.82) is 0 Å². The molecule has 25 heavy (non-hydrogen) atoms. The molecule has 2 N–H and O–H groups in total. The van der Waals surface area contributed by atoms with Crippen LogP contribution in [0.15, 0.2) is 53.4 Å². The minimum Gasteiger partial charge on any atom is -0.347 e. The number of nitrogens with one attached hydrogen (secondary N) is 2. The van der Waals surface area contributed by atoms with Gasteiger partial charge in [0.15, 0.2) is 0 Å². The van der Waals surface area contributed by atoms with E-state index in [-0.39, 0.29) is 21.4 Å². The van der Waals surface area contributed by atoms with Crippen LogP contribution in [-0.2, 0) is 10.0 Å². The van der Waals surface area contributed by atoms with E-state index in [0.29, 0.717) is 11.3 Å². The van der Waals surface area contributed by atoms with E-state index in [2.05, 4.69) is 10.0 Å². The standard InChI is InChI=1S/C18H21ClN2O3S/c1-4-18(2,3)20-17(22)15-11-10-13(12-16(15)19)21-25(23,24)14-8-6-5-7-9-14/h5-12,21H,4H2,1-3H3,(H,20,22). The molecule has 1 amide bonds. The highest BCUT2D eigenvalue weighted by Crippen LogP contribution is 2.24.